The van der Waals surface area contributed by atoms with Crippen LogP contribution in [0.2, 0.25) is 0 Å². The quantitative estimate of drug-likeness (QED) is 0.180. The molecule has 1 heterocycles. The van der Waals surface area contributed by atoms with Crippen LogP contribution < -0.4 is 0 Å². The second-order valence-corrected chi connectivity index (χ2v) is 11.8. The van der Waals surface area contributed by atoms with E-state index in [-0.39, 0.29) is 0 Å². The number of hydrogen-bond donors (Lipinski definition) is 0. The zero-order valence-corrected chi connectivity index (χ0v) is 25.5. The van der Waals surface area contributed by atoms with Gasteiger partial charge in [0, 0.05) is 5.69 Å². The highest BCUT2D eigenvalue weighted by atomic mass is 15.0. The summed E-state index contributed by atoms with van der Waals surface area (Å²) < 4.78 is 2.42. The summed E-state index contributed by atoms with van der Waals surface area (Å²) in [7, 11) is 0. The van der Waals surface area contributed by atoms with Crippen molar-refractivity contribution in [1.82, 2.24) is 4.57 Å². The van der Waals surface area contributed by atoms with Crippen molar-refractivity contribution in [3.05, 3.63) is 175 Å². The number of aromatic nitrogens is 1. The molecule has 0 fully saturated rings. The number of aryl methyl sites for hydroxylation is 2. The van der Waals surface area contributed by atoms with Gasteiger partial charge in [0.05, 0.1) is 11.4 Å². The largest absolute Gasteiger partial charge is 0.309 e. The van der Waals surface area contributed by atoms with E-state index in [1.807, 2.05) is 0 Å². The predicted molar refractivity (Wildman–Crippen MR) is 192 cm³/mol. The summed E-state index contributed by atoms with van der Waals surface area (Å²) in [6.45, 7) is 4.44. The Balaban J connectivity index is 1.52. The Kier molecular flexibility index (Phi) is 6.65. The molecule has 0 spiro atoms. The summed E-state index contributed by atoms with van der Waals surface area (Å²) in [5.41, 5.74) is 13.5. The first-order valence-corrected chi connectivity index (χ1v) is 15.6. The summed E-state index contributed by atoms with van der Waals surface area (Å²) in [4.78, 5) is 0. The van der Waals surface area contributed by atoms with Crippen LogP contribution in [0.1, 0.15) is 11.1 Å². The SMILES string of the molecule is Cc1ccccc1-c1c2ccccc2c(-c2ccccc2C)c2cc(-n3c(-c4ccccc4)ccc3-c3ccccc3)ccc12. The number of hydrogen-bond acceptors (Lipinski definition) is 0. The molecule has 214 valence electrons. The summed E-state index contributed by atoms with van der Waals surface area (Å²) in [5, 5.41) is 5.07. The lowest BCUT2D eigenvalue weighted by Gasteiger charge is -2.21. The molecule has 0 saturated heterocycles. The van der Waals surface area contributed by atoms with Gasteiger partial charge in [-0.2, -0.15) is 0 Å². The third-order valence-electron chi connectivity index (χ3n) is 9.11. The number of nitrogens with zero attached hydrogens (tertiary/aromatic N) is 1. The van der Waals surface area contributed by atoms with E-state index in [0.717, 1.165) is 5.69 Å². The van der Waals surface area contributed by atoms with Gasteiger partial charge < -0.3 is 4.57 Å². The molecule has 8 aromatic rings. The van der Waals surface area contributed by atoms with E-state index in [1.165, 1.54) is 77.4 Å². The van der Waals surface area contributed by atoms with Crippen molar-refractivity contribution in [2.45, 2.75) is 13.8 Å². The van der Waals surface area contributed by atoms with Crippen molar-refractivity contribution in [2.24, 2.45) is 0 Å². The van der Waals surface area contributed by atoms with Crippen molar-refractivity contribution in [3.8, 4) is 50.5 Å². The topological polar surface area (TPSA) is 4.93 Å². The van der Waals surface area contributed by atoms with Crippen LogP contribution in [0.15, 0.2) is 164 Å². The molecule has 0 saturated carbocycles. The molecule has 7 aromatic carbocycles. The Bertz CT molecular complexity index is 2270. The van der Waals surface area contributed by atoms with Gasteiger partial charge in [0.25, 0.3) is 0 Å². The smallest absolute Gasteiger partial charge is 0.0535 e. The average Bonchev–Trinajstić information content (AvgIpc) is 3.54. The molecule has 0 aliphatic carbocycles. The summed E-state index contributed by atoms with van der Waals surface area (Å²) in [6.07, 6.45) is 0. The zero-order valence-electron chi connectivity index (χ0n) is 25.5. The van der Waals surface area contributed by atoms with Crippen LogP contribution in [0, 0.1) is 13.8 Å². The summed E-state index contributed by atoms with van der Waals surface area (Å²) >= 11 is 0. The molecule has 0 unspecified atom stereocenters. The Morgan fingerprint density at radius 3 is 1.29 bits per heavy atom. The molecule has 0 N–H and O–H groups in total. The van der Waals surface area contributed by atoms with Gasteiger partial charge in [-0.05, 0) is 104 Å². The highest BCUT2D eigenvalue weighted by Crippen LogP contribution is 2.46. The highest BCUT2D eigenvalue weighted by Gasteiger charge is 2.20. The third kappa shape index (κ3) is 4.56. The molecule has 0 amide bonds. The van der Waals surface area contributed by atoms with Gasteiger partial charge in [0.2, 0.25) is 0 Å². The van der Waals surface area contributed by atoms with Crippen LogP contribution >= 0.6 is 0 Å². The molecular weight excluding hydrogens is 542 g/mol. The normalized spacial score (nSPS) is 11.3. The minimum atomic E-state index is 1.14. The Morgan fingerprint density at radius 2 is 0.778 bits per heavy atom. The zero-order chi connectivity index (χ0) is 30.3. The van der Waals surface area contributed by atoms with E-state index < -0.39 is 0 Å². The fraction of sp³-hybridized carbons (Fsp3) is 0.0455. The van der Waals surface area contributed by atoms with E-state index in [1.54, 1.807) is 0 Å². The summed E-state index contributed by atoms with van der Waals surface area (Å²) in [5.74, 6) is 0. The van der Waals surface area contributed by atoms with Crippen LogP contribution in [0.4, 0.5) is 0 Å². The molecule has 1 heteroatoms. The molecule has 45 heavy (non-hydrogen) atoms. The molecule has 0 radical (unpaired) electrons. The van der Waals surface area contributed by atoms with Crippen molar-refractivity contribution in [2.75, 3.05) is 0 Å². The third-order valence-corrected chi connectivity index (χ3v) is 9.11. The lowest BCUT2D eigenvalue weighted by atomic mass is 9.84. The van der Waals surface area contributed by atoms with E-state index in [0.29, 0.717) is 0 Å². The number of fused-ring (bicyclic) bond motifs is 2. The number of rotatable bonds is 5. The van der Waals surface area contributed by atoms with Crippen LogP contribution in [-0.4, -0.2) is 4.57 Å². The molecule has 0 bridgehead atoms. The Morgan fingerprint density at radius 1 is 0.356 bits per heavy atom. The monoisotopic (exact) mass is 575 g/mol. The van der Waals surface area contributed by atoms with Gasteiger partial charge in [-0.1, -0.05) is 140 Å². The number of benzene rings is 7. The minimum absolute atomic E-state index is 1.14. The first-order chi connectivity index (χ1) is 22.2. The van der Waals surface area contributed by atoms with Crippen molar-refractivity contribution >= 4 is 21.5 Å². The van der Waals surface area contributed by atoms with Gasteiger partial charge in [-0.15, -0.1) is 0 Å². The van der Waals surface area contributed by atoms with E-state index in [4.69, 9.17) is 0 Å². The fourth-order valence-corrected chi connectivity index (χ4v) is 6.98. The molecule has 1 aromatic heterocycles. The van der Waals surface area contributed by atoms with E-state index in [2.05, 4.69) is 182 Å². The first-order valence-electron chi connectivity index (χ1n) is 15.6. The maximum atomic E-state index is 2.42. The van der Waals surface area contributed by atoms with E-state index in [9.17, 15) is 0 Å². The predicted octanol–water partition coefficient (Wildman–Crippen LogP) is 12.1. The van der Waals surface area contributed by atoms with Gasteiger partial charge >= 0.3 is 0 Å². The van der Waals surface area contributed by atoms with Crippen molar-refractivity contribution in [3.63, 3.8) is 0 Å². The van der Waals surface area contributed by atoms with Crippen LogP contribution in [0.3, 0.4) is 0 Å². The average molecular weight is 576 g/mol. The maximum Gasteiger partial charge on any atom is 0.0535 e. The fourth-order valence-electron chi connectivity index (χ4n) is 6.98. The van der Waals surface area contributed by atoms with Crippen LogP contribution in [0.5, 0.6) is 0 Å². The minimum Gasteiger partial charge on any atom is -0.309 e. The highest BCUT2D eigenvalue weighted by molar-refractivity contribution is 6.22. The molecule has 0 aliphatic heterocycles. The second kappa shape index (κ2) is 11.1. The lowest BCUT2D eigenvalue weighted by molar-refractivity contribution is 1.10. The van der Waals surface area contributed by atoms with Gasteiger partial charge in [-0.3, -0.25) is 0 Å². The first kappa shape index (κ1) is 26.9. The lowest BCUT2D eigenvalue weighted by Crippen LogP contribution is -2.01. The Labute approximate surface area is 264 Å². The molecule has 8 rings (SSSR count). The summed E-state index contributed by atoms with van der Waals surface area (Å²) in [6, 6.07) is 59.5. The van der Waals surface area contributed by atoms with Gasteiger partial charge in [-0.25, -0.2) is 0 Å². The molecule has 1 nitrogen and oxygen atoms in total. The maximum absolute atomic E-state index is 2.42. The van der Waals surface area contributed by atoms with Crippen molar-refractivity contribution < 1.29 is 0 Å². The van der Waals surface area contributed by atoms with Crippen LogP contribution in [-0.2, 0) is 0 Å². The second-order valence-electron chi connectivity index (χ2n) is 11.8. The molecule has 0 aliphatic rings. The van der Waals surface area contributed by atoms with E-state index >= 15 is 0 Å². The Hall–Kier alpha value is -5.66. The molecule has 0 atom stereocenters. The standard InChI is InChI=1S/C44H33N/c1-30-15-9-11-21-35(30)43-37-23-13-14-24-38(37)44(36-22-12-10-16-31(36)2)40-29-34(25-26-39(40)43)45-41(32-17-5-3-6-18-32)27-28-42(45)33-19-7-4-8-20-33/h3-29H,1-2H3. The molecular formula is C44H33N. The van der Waals surface area contributed by atoms with Gasteiger partial charge in [0.1, 0.15) is 0 Å². The van der Waals surface area contributed by atoms with Gasteiger partial charge in [0.15, 0.2) is 0 Å². The van der Waals surface area contributed by atoms with Crippen molar-refractivity contribution in [1.29, 1.82) is 0 Å². The van der Waals surface area contributed by atoms with Crippen LogP contribution in [0.25, 0.3) is 72.0 Å².